The van der Waals surface area contributed by atoms with E-state index < -0.39 is 17.2 Å². The SMILES string of the molecule is O/N=C(\Cc1ccc(O)cc1)c1ccc(O)c(O)c1O. The summed E-state index contributed by atoms with van der Waals surface area (Å²) in [6, 6.07) is 8.76. The molecule has 20 heavy (non-hydrogen) atoms. The van der Waals surface area contributed by atoms with Gasteiger partial charge in [-0.3, -0.25) is 0 Å². The molecule has 2 aromatic carbocycles. The van der Waals surface area contributed by atoms with Crippen LogP contribution in [0.3, 0.4) is 0 Å². The molecule has 0 atom stereocenters. The number of phenolic OH excluding ortho intramolecular Hbond substituents is 4. The van der Waals surface area contributed by atoms with Crippen molar-refractivity contribution in [3.8, 4) is 23.0 Å². The van der Waals surface area contributed by atoms with E-state index in [1.165, 1.54) is 24.3 Å². The van der Waals surface area contributed by atoms with Gasteiger partial charge in [-0.1, -0.05) is 17.3 Å². The van der Waals surface area contributed by atoms with Crippen molar-refractivity contribution >= 4 is 5.71 Å². The lowest BCUT2D eigenvalue weighted by Gasteiger charge is -2.09. The molecule has 0 aromatic heterocycles. The van der Waals surface area contributed by atoms with Crippen molar-refractivity contribution in [1.29, 1.82) is 0 Å². The van der Waals surface area contributed by atoms with Crippen molar-refractivity contribution in [2.75, 3.05) is 0 Å². The number of benzene rings is 2. The number of hydrogen-bond donors (Lipinski definition) is 5. The lowest BCUT2D eigenvalue weighted by molar-refractivity contribution is 0.317. The molecule has 0 bridgehead atoms. The minimum Gasteiger partial charge on any atom is -0.508 e. The van der Waals surface area contributed by atoms with E-state index >= 15 is 0 Å². The first-order valence-corrected chi connectivity index (χ1v) is 5.76. The summed E-state index contributed by atoms with van der Waals surface area (Å²) in [5.41, 5.74) is 0.960. The van der Waals surface area contributed by atoms with Crippen molar-refractivity contribution in [3.63, 3.8) is 0 Å². The van der Waals surface area contributed by atoms with Gasteiger partial charge in [0.2, 0.25) is 5.75 Å². The molecule has 104 valence electrons. The molecule has 0 aliphatic heterocycles. The monoisotopic (exact) mass is 275 g/mol. The topological polar surface area (TPSA) is 114 Å². The van der Waals surface area contributed by atoms with Crippen molar-refractivity contribution in [2.45, 2.75) is 6.42 Å². The first-order chi connectivity index (χ1) is 9.52. The van der Waals surface area contributed by atoms with E-state index in [4.69, 9.17) is 5.21 Å². The quantitative estimate of drug-likeness (QED) is 0.254. The molecule has 0 radical (unpaired) electrons. The van der Waals surface area contributed by atoms with Gasteiger partial charge in [-0.05, 0) is 29.8 Å². The smallest absolute Gasteiger partial charge is 0.200 e. The summed E-state index contributed by atoms with van der Waals surface area (Å²) in [6.07, 6.45) is 0.175. The summed E-state index contributed by atoms with van der Waals surface area (Å²) >= 11 is 0. The highest BCUT2D eigenvalue weighted by Crippen LogP contribution is 2.37. The Balaban J connectivity index is 2.34. The lowest BCUT2D eigenvalue weighted by atomic mass is 10.0. The van der Waals surface area contributed by atoms with Gasteiger partial charge < -0.3 is 25.6 Å². The van der Waals surface area contributed by atoms with Crippen LogP contribution in [0, 0.1) is 0 Å². The summed E-state index contributed by atoms with van der Waals surface area (Å²) in [5, 5.41) is 49.9. The third-order valence-electron chi connectivity index (χ3n) is 2.87. The second-order valence-corrected chi connectivity index (χ2v) is 4.22. The fraction of sp³-hybridized carbons (Fsp3) is 0.0714. The Hall–Kier alpha value is -2.89. The van der Waals surface area contributed by atoms with E-state index in [1.807, 2.05) is 0 Å². The van der Waals surface area contributed by atoms with Crippen LogP contribution in [0.5, 0.6) is 23.0 Å². The van der Waals surface area contributed by atoms with E-state index in [-0.39, 0.29) is 23.4 Å². The third kappa shape index (κ3) is 2.59. The van der Waals surface area contributed by atoms with Gasteiger partial charge >= 0.3 is 0 Å². The molecule has 0 saturated heterocycles. The van der Waals surface area contributed by atoms with Gasteiger partial charge in [0.15, 0.2) is 11.5 Å². The van der Waals surface area contributed by atoms with Crippen LogP contribution in [0.1, 0.15) is 11.1 Å². The van der Waals surface area contributed by atoms with E-state index in [2.05, 4.69) is 5.16 Å². The molecule has 6 heteroatoms. The second kappa shape index (κ2) is 5.40. The molecule has 2 aromatic rings. The third-order valence-corrected chi connectivity index (χ3v) is 2.87. The maximum Gasteiger partial charge on any atom is 0.200 e. The van der Waals surface area contributed by atoms with Gasteiger partial charge in [0.05, 0.1) is 5.71 Å². The zero-order valence-corrected chi connectivity index (χ0v) is 10.4. The largest absolute Gasteiger partial charge is 0.508 e. The zero-order chi connectivity index (χ0) is 14.7. The Morgan fingerprint density at radius 1 is 0.850 bits per heavy atom. The van der Waals surface area contributed by atoms with Crippen molar-refractivity contribution in [2.24, 2.45) is 5.16 Å². The lowest BCUT2D eigenvalue weighted by Crippen LogP contribution is -2.06. The fourth-order valence-corrected chi connectivity index (χ4v) is 1.79. The standard InChI is InChI=1S/C14H13NO5/c16-9-3-1-8(2-4-9)7-11(15-20)10-5-6-12(17)14(19)13(10)18/h1-6,16-20H,7H2/b15-11+. The fourth-order valence-electron chi connectivity index (χ4n) is 1.79. The predicted octanol–water partition coefficient (Wildman–Crippen LogP) is 1.93. The highest BCUT2D eigenvalue weighted by Gasteiger charge is 2.16. The normalized spacial score (nSPS) is 11.5. The van der Waals surface area contributed by atoms with Crippen LogP contribution in [0.4, 0.5) is 0 Å². The summed E-state index contributed by atoms with van der Waals surface area (Å²) in [4.78, 5) is 0. The van der Waals surface area contributed by atoms with Crippen molar-refractivity contribution < 1.29 is 25.6 Å². The maximum atomic E-state index is 9.76. The Morgan fingerprint density at radius 2 is 1.50 bits per heavy atom. The molecular weight excluding hydrogens is 262 g/mol. The molecule has 2 rings (SSSR count). The minimum absolute atomic E-state index is 0.107. The number of nitrogens with zero attached hydrogens (tertiary/aromatic N) is 1. The number of phenols is 4. The van der Waals surface area contributed by atoms with Crippen LogP contribution in [-0.2, 0) is 6.42 Å². The van der Waals surface area contributed by atoms with Crippen LogP contribution in [0.15, 0.2) is 41.6 Å². The first kappa shape index (κ1) is 13.5. The van der Waals surface area contributed by atoms with E-state index in [1.54, 1.807) is 12.1 Å². The number of rotatable bonds is 3. The van der Waals surface area contributed by atoms with Gasteiger partial charge in [-0.15, -0.1) is 0 Å². The molecule has 6 nitrogen and oxygen atoms in total. The molecule has 5 N–H and O–H groups in total. The van der Waals surface area contributed by atoms with Crippen LogP contribution < -0.4 is 0 Å². The van der Waals surface area contributed by atoms with E-state index in [0.29, 0.717) is 0 Å². The van der Waals surface area contributed by atoms with Gasteiger partial charge in [0, 0.05) is 12.0 Å². The van der Waals surface area contributed by atoms with Crippen molar-refractivity contribution in [3.05, 3.63) is 47.5 Å². The Labute approximate surface area is 114 Å². The molecule has 0 aliphatic rings. The average Bonchev–Trinajstić information content (AvgIpc) is 2.45. The maximum absolute atomic E-state index is 9.76. The molecule has 0 amide bonds. The van der Waals surface area contributed by atoms with Gasteiger partial charge in [0.25, 0.3) is 0 Å². The zero-order valence-electron chi connectivity index (χ0n) is 10.4. The van der Waals surface area contributed by atoms with Crippen LogP contribution in [-0.4, -0.2) is 31.3 Å². The van der Waals surface area contributed by atoms with Gasteiger partial charge in [-0.25, -0.2) is 0 Å². The summed E-state index contributed by atoms with van der Waals surface area (Å²) in [5.74, 6) is -1.58. The number of hydrogen-bond acceptors (Lipinski definition) is 6. The highest BCUT2D eigenvalue weighted by atomic mass is 16.4. The Bertz CT molecular complexity index is 649. The van der Waals surface area contributed by atoms with Gasteiger partial charge in [-0.2, -0.15) is 0 Å². The molecule has 0 unspecified atom stereocenters. The minimum atomic E-state index is -0.672. The molecule has 0 spiro atoms. The Kier molecular flexibility index (Phi) is 3.65. The summed E-state index contributed by atoms with van der Waals surface area (Å²) < 4.78 is 0. The summed E-state index contributed by atoms with van der Waals surface area (Å²) in [6.45, 7) is 0. The molecule has 0 fully saturated rings. The number of aromatic hydroxyl groups is 4. The summed E-state index contributed by atoms with van der Waals surface area (Å²) in [7, 11) is 0. The molecule has 0 heterocycles. The predicted molar refractivity (Wildman–Crippen MR) is 71.6 cm³/mol. The highest BCUT2D eigenvalue weighted by molar-refractivity contribution is 6.04. The second-order valence-electron chi connectivity index (χ2n) is 4.22. The van der Waals surface area contributed by atoms with Crippen LogP contribution >= 0.6 is 0 Å². The first-order valence-electron chi connectivity index (χ1n) is 5.76. The van der Waals surface area contributed by atoms with Crippen molar-refractivity contribution in [1.82, 2.24) is 0 Å². The van der Waals surface area contributed by atoms with Crippen LogP contribution in [0.2, 0.25) is 0 Å². The molecule has 0 aliphatic carbocycles. The molecule has 0 saturated carbocycles. The van der Waals surface area contributed by atoms with Gasteiger partial charge in [0.1, 0.15) is 5.75 Å². The number of oxime groups is 1. The van der Waals surface area contributed by atoms with E-state index in [9.17, 15) is 20.4 Å². The van der Waals surface area contributed by atoms with E-state index in [0.717, 1.165) is 5.56 Å². The Morgan fingerprint density at radius 3 is 2.10 bits per heavy atom. The average molecular weight is 275 g/mol. The molecular formula is C14H13NO5. The van der Waals surface area contributed by atoms with Crippen LogP contribution in [0.25, 0.3) is 0 Å².